The normalized spacial score (nSPS) is 15.3. The minimum atomic E-state index is 0.285. The van der Waals surface area contributed by atoms with Crippen LogP contribution in [0.2, 0.25) is 0 Å². The van der Waals surface area contributed by atoms with E-state index in [1.165, 1.54) is 18.4 Å². The van der Waals surface area contributed by atoms with Gasteiger partial charge in [-0.15, -0.1) is 0 Å². The lowest BCUT2D eigenvalue weighted by Crippen LogP contribution is -2.42. The van der Waals surface area contributed by atoms with Crippen LogP contribution >= 0.6 is 0 Å². The van der Waals surface area contributed by atoms with Gasteiger partial charge in [0.1, 0.15) is 5.75 Å². The summed E-state index contributed by atoms with van der Waals surface area (Å²) >= 11 is 0. The van der Waals surface area contributed by atoms with Gasteiger partial charge in [0.15, 0.2) is 17.5 Å². The number of benzene rings is 2. The second kappa shape index (κ2) is 12.2. The topological polar surface area (TPSA) is 67.3 Å². The molecule has 1 heterocycles. The zero-order valence-electron chi connectivity index (χ0n) is 19.7. The minimum Gasteiger partial charge on any atom is -0.497 e. The van der Waals surface area contributed by atoms with Gasteiger partial charge in [0, 0.05) is 20.1 Å². The van der Waals surface area contributed by atoms with Crippen molar-refractivity contribution in [3.8, 4) is 17.2 Å². The van der Waals surface area contributed by atoms with Crippen molar-refractivity contribution >= 4 is 5.96 Å². The molecular weight excluding hydrogens is 404 g/mol. The van der Waals surface area contributed by atoms with Crippen LogP contribution in [0.15, 0.2) is 47.5 Å². The first-order valence-corrected chi connectivity index (χ1v) is 11.3. The first-order valence-electron chi connectivity index (χ1n) is 11.3. The number of nitrogens with one attached hydrogen (secondary N) is 2. The van der Waals surface area contributed by atoms with Crippen LogP contribution in [0.3, 0.4) is 0 Å². The van der Waals surface area contributed by atoms with E-state index in [9.17, 15) is 0 Å². The maximum Gasteiger partial charge on any atom is 0.191 e. The zero-order chi connectivity index (χ0) is 22.8. The Balaban J connectivity index is 1.62. The Morgan fingerprint density at radius 1 is 1.00 bits per heavy atom. The Morgan fingerprint density at radius 2 is 1.75 bits per heavy atom. The summed E-state index contributed by atoms with van der Waals surface area (Å²) in [5.41, 5.74) is 2.38. The van der Waals surface area contributed by atoms with Gasteiger partial charge in [-0.3, -0.25) is 9.89 Å². The molecule has 0 aromatic heterocycles. The fraction of sp³-hybridized carbons (Fsp3) is 0.480. The molecule has 1 atom stereocenters. The van der Waals surface area contributed by atoms with Gasteiger partial charge >= 0.3 is 0 Å². The number of rotatable bonds is 10. The van der Waals surface area contributed by atoms with Crippen molar-refractivity contribution in [3.63, 3.8) is 0 Å². The molecule has 32 heavy (non-hydrogen) atoms. The molecule has 0 radical (unpaired) electrons. The van der Waals surface area contributed by atoms with E-state index in [1.54, 1.807) is 21.3 Å². The first kappa shape index (κ1) is 23.7. The van der Waals surface area contributed by atoms with Gasteiger partial charge in [-0.25, -0.2) is 0 Å². The Hall–Kier alpha value is -2.93. The predicted octanol–water partition coefficient (Wildman–Crippen LogP) is 3.60. The third-order valence-corrected chi connectivity index (χ3v) is 5.76. The summed E-state index contributed by atoms with van der Waals surface area (Å²) in [6.45, 7) is 6.22. The quantitative estimate of drug-likeness (QED) is 0.435. The average Bonchev–Trinajstić information content (AvgIpc) is 3.36. The summed E-state index contributed by atoms with van der Waals surface area (Å²) in [6.07, 6.45) is 2.50. The second-order valence-electron chi connectivity index (χ2n) is 7.76. The van der Waals surface area contributed by atoms with Gasteiger partial charge in [0.05, 0.1) is 26.9 Å². The number of hydrogen-bond donors (Lipinski definition) is 2. The standard InChI is InChI=1S/C25H36N4O3/c1-5-32-24-16-19(8-13-23(24)31-4)17-27-25(26-2)28-18-22(29-14-6-7-15-29)20-9-11-21(30-3)12-10-20/h8-13,16,22H,5-7,14-15,17-18H2,1-4H3,(H2,26,27,28). The monoisotopic (exact) mass is 440 g/mol. The lowest BCUT2D eigenvalue weighted by atomic mass is 10.1. The molecule has 7 nitrogen and oxygen atoms in total. The number of methoxy groups -OCH3 is 2. The highest BCUT2D eigenvalue weighted by molar-refractivity contribution is 5.79. The van der Waals surface area contributed by atoms with Crippen molar-refractivity contribution in [2.24, 2.45) is 4.99 Å². The van der Waals surface area contributed by atoms with E-state index in [0.29, 0.717) is 13.2 Å². The van der Waals surface area contributed by atoms with Crippen molar-refractivity contribution in [2.45, 2.75) is 32.4 Å². The van der Waals surface area contributed by atoms with Gasteiger partial charge in [-0.1, -0.05) is 18.2 Å². The molecule has 0 amide bonds. The summed E-state index contributed by atoms with van der Waals surface area (Å²) in [5, 5.41) is 6.93. The van der Waals surface area contributed by atoms with Crippen LogP contribution in [-0.2, 0) is 6.54 Å². The number of hydrogen-bond acceptors (Lipinski definition) is 5. The molecule has 1 saturated heterocycles. The summed E-state index contributed by atoms with van der Waals surface area (Å²) in [5.74, 6) is 3.15. The maximum atomic E-state index is 5.69. The van der Waals surface area contributed by atoms with Crippen LogP contribution in [0.4, 0.5) is 0 Å². The maximum absolute atomic E-state index is 5.69. The Kier molecular flexibility index (Phi) is 9.04. The van der Waals surface area contributed by atoms with E-state index in [-0.39, 0.29) is 6.04 Å². The fourth-order valence-corrected chi connectivity index (χ4v) is 4.04. The predicted molar refractivity (Wildman–Crippen MR) is 129 cm³/mol. The van der Waals surface area contributed by atoms with Gasteiger partial charge in [0.2, 0.25) is 0 Å². The smallest absolute Gasteiger partial charge is 0.191 e. The SMILES string of the molecule is CCOc1cc(CNC(=NC)NCC(c2ccc(OC)cc2)N2CCCC2)ccc1OC. The molecule has 2 aromatic rings. The van der Waals surface area contributed by atoms with Gasteiger partial charge in [-0.2, -0.15) is 0 Å². The van der Waals surface area contributed by atoms with E-state index in [2.05, 4.69) is 32.7 Å². The third-order valence-electron chi connectivity index (χ3n) is 5.76. The Morgan fingerprint density at radius 3 is 2.38 bits per heavy atom. The number of likely N-dealkylation sites (tertiary alicyclic amines) is 1. The second-order valence-corrected chi connectivity index (χ2v) is 7.76. The Bertz CT molecular complexity index is 864. The van der Waals surface area contributed by atoms with Crippen LogP contribution < -0.4 is 24.8 Å². The largest absolute Gasteiger partial charge is 0.497 e. The number of ether oxygens (including phenoxy) is 3. The van der Waals surface area contributed by atoms with Crippen LogP contribution in [0.25, 0.3) is 0 Å². The van der Waals surface area contributed by atoms with Crippen molar-refractivity contribution in [1.82, 2.24) is 15.5 Å². The molecule has 1 aliphatic rings. The van der Waals surface area contributed by atoms with Crippen molar-refractivity contribution < 1.29 is 14.2 Å². The van der Waals surface area contributed by atoms with Crippen LogP contribution in [0.5, 0.6) is 17.2 Å². The molecule has 0 bridgehead atoms. The molecule has 2 aromatic carbocycles. The minimum absolute atomic E-state index is 0.285. The zero-order valence-corrected chi connectivity index (χ0v) is 19.7. The van der Waals surface area contributed by atoms with E-state index < -0.39 is 0 Å². The molecule has 0 spiro atoms. The lowest BCUT2D eigenvalue weighted by Gasteiger charge is -2.29. The summed E-state index contributed by atoms with van der Waals surface area (Å²) < 4.78 is 16.4. The van der Waals surface area contributed by atoms with Crippen LogP contribution in [0.1, 0.15) is 36.9 Å². The highest BCUT2D eigenvalue weighted by atomic mass is 16.5. The van der Waals surface area contributed by atoms with Gasteiger partial charge in [-0.05, 0) is 68.2 Å². The summed E-state index contributed by atoms with van der Waals surface area (Å²) in [4.78, 5) is 6.96. The molecule has 7 heteroatoms. The Labute approximate surface area is 191 Å². The van der Waals surface area contributed by atoms with Crippen LogP contribution in [0, 0.1) is 0 Å². The van der Waals surface area contributed by atoms with Crippen molar-refractivity contribution in [3.05, 3.63) is 53.6 Å². The van der Waals surface area contributed by atoms with E-state index >= 15 is 0 Å². The third kappa shape index (κ3) is 6.29. The number of guanidine groups is 1. The molecule has 0 aliphatic carbocycles. The molecule has 1 aliphatic heterocycles. The first-order chi connectivity index (χ1) is 15.7. The molecule has 174 valence electrons. The molecule has 0 saturated carbocycles. The van der Waals surface area contributed by atoms with Gasteiger partial charge < -0.3 is 24.8 Å². The van der Waals surface area contributed by atoms with Crippen LogP contribution in [-0.4, -0.2) is 58.4 Å². The van der Waals surface area contributed by atoms with Crippen molar-refractivity contribution in [2.75, 3.05) is 47.5 Å². The molecule has 2 N–H and O–H groups in total. The lowest BCUT2D eigenvalue weighted by molar-refractivity contribution is 0.245. The molecule has 1 fully saturated rings. The molecule has 3 rings (SSSR count). The van der Waals surface area contributed by atoms with E-state index in [1.807, 2.05) is 37.3 Å². The van der Waals surface area contributed by atoms with E-state index in [4.69, 9.17) is 14.2 Å². The van der Waals surface area contributed by atoms with E-state index in [0.717, 1.165) is 48.4 Å². The fourth-order valence-electron chi connectivity index (χ4n) is 4.04. The van der Waals surface area contributed by atoms with Crippen molar-refractivity contribution in [1.29, 1.82) is 0 Å². The molecular formula is C25H36N4O3. The number of aliphatic imine (C=N–C) groups is 1. The molecule has 1 unspecified atom stereocenters. The summed E-state index contributed by atoms with van der Waals surface area (Å²) in [7, 11) is 5.15. The number of nitrogens with zero attached hydrogens (tertiary/aromatic N) is 2. The van der Waals surface area contributed by atoms with Gasteiger partial charge in [0.25, 0.3) is 0 Å². The summed E-state index contributed by atoms with van der Waals surface area (Å²) in [6, 6.07) is 14.6. The highest BCUT2D eigenvalue weighted by Crippen LogP contribution is 2.28. The average molecular weight is 441 g/mol. The highest BCUT2D eigenvalue weighted by Gasteiger charge is 2.23.